The van der Waals surface area contributed by atoms with E-state index in [2.05, 4.69) is 0 Å². The van der Waals surface area contributed by atoms with Crippen molar-refractivity contribution in [1.29, 1.82) is 0 Å². The van der Waals surface area contributed by atoms with Crippen molar-refractivity contribution in [2.75, 3.05) is 0 Å². The molecule has 1 nitrogen and oxygen atoms in total. The Hall–Kier alpha value is -1.52. The minimum atomic E-state index is -0.983. The van der Waals surface area contributed by atoms with Crippen LogP contribution in [0.25, 0.3) is 0 Å². The Morgan fingerprint density at radius 3 is 2.50 bits per heavy atom. The molecule has 0 fully saturated rings. The molecule has 1 atom stereocenters. The maximum Gasteiger partial charge on any atom is 0.145 e. The summed E-state index contributed by atoms with van der Waals surface area (Å²) in [6.45, 7) is 1.52. The summed E-state index contributed by atoms with van der Waals surface area (Å²) in [6, 6.07) is 5.97. The van der Waals surface area contributed by atoms with E-state index in [9.17, 15) is 13.2 Å². The summed E-state index contributed by atoms with van der Waals surface area (Å²) in [6.07, 6.45) is -0.0380. The Balaban J connectivity index is 2.36. The Labute approximate surface area is 120 Å². The fourth-order valence-electron chi connectivity index (χ4n) is 2.06. The summed E-state index contributed by atoms with van der Waals surface area (Å²) in [5, 5.41) is -0.0418. The molecule has 0 amide bonds. The highest BCUT2D eigenvalue weighted by atomic mass is 35.5. The van der Waals surface area contributed by atoms with Crippen molar-refractivity contribution in [2.24, 2.45) is 5.73 Å². The first-order valence-electron chi connectivity index (χ1n) is 6.04. The molecule has 2 aromatic rings. The lowest BCUT2D eigenvalue weighted by Gasteiger charge is -2.16. The van der Waals surface area contributed by atoms with Gasteiger partial charge in [0.1, 0.15) is 17.5 Å². The minimum Gasteiger partial charge on any atom is -0.323 e. The van der Waals surface area contributed by atoms with Gasteiger partial charge in [-0.2, -0.15) is 0 Å². The number of hydrogen-bond acceptors (Lipinski definition) is 1. The summed E-state index contributed by atoms with van der Waals surface area (Å²) < 4.78 is 41.5. The van der Waals surface area contributed by atoms with E-state index in [0.717, 1.165) is 6.07 Å². The number of halogens is 4. The van der Waals surface area contributed by atoms with Gasteiger partial charge in [-0.1, -0.05) is 29.8 Å². The average molecular weight is 300 g/mol. The second-order valence-electron chi connectivity index (χ2n) is 4.62. The molecule has 2 N–H and O–H groups in total. The molecular formula is C15H13ClF3N. The maximum absolute atomic E-state index is 14.0. The van der Waals surface area contributed by atoms with E-state index < -0.39 is 23.5 Å². The van der Waals surface area contributed by atoms with Gasteiger partial charge in [-0.25, -0.2) is 13.2 Å². The van der Waals surface area contributed by atoms with E-state index >= 15 is 0 Å². The largest absolute Gasteiger partial charge is 0.323 e. The third kappa shape index (κ3) is 2.81. The molecule has 0 radical (unpaired) electrons. The van der Waals surface area contributed by atoms with Gasteiger partial charge in [-0.05, 0) is 36.6 Å². The van der Waals surface area contributed by atoms with Crippen LogP contribution >= 0.6 is 11.6 Å². The fourth-order valence-corrected chi connectivity index (χ4v) is 2.26. The van der Waals surface area contributed by atoms with Crippen LogP contribution in [0.4, 0.5) is 13.2 Å². The third-order valence-electron chi connectivity index (χ3n) is 3.16. The molecule has 1 unspecified atom stereocenters. The number of nitrogens with two attached hydrogens (primary N) is 1. The van der Waals surface area contributed by atoms with Crippen LogP contribution in [-0.4, -0.2) is 0 Å². The summed E-state index contributed by atoms with van der Waals surface area (Å²) in [4.78, 5) is 0. The molecule has 0 saturated carbocycles. The standard InChI is InChI=1S/C15H13ClF3N/c1-8-5-6-11(17)13(14(8)18)12(20)7-9-3-2-4-10(16)15(9)19/h2-6,12H,7,20H2,1H3. The van der Waals surface area contributed by atoms with Crippen LogP contribution < -0.4 is 5.73 Å². The topological polar surface area (TPSA) is 26.0 Å². The molecular weight excluding hydrogens is 287 g/mol. The highest BCUT2D eigenvalue weighted by Gasteiger charge is 2.20. The first-order valence-corrected chi connectivity index (χ1v) is 6.42. The quantitative estimate of drug-likeness (QED) is 0.898. The van der Waals surface area contributed by atoms with Gasteiger partial charge in [0.2, 0.25) is 0 Å². The van der Waals surface area contributed by atoms with E-state index in [-0.39, 0.29) is 22.6 Å². The second kappa shape index (κ2) is 5.85. The highest BCUT2D eigenvalue weighted by molar-refractivity contribution is 6.30. The molecule has 2 aromatic carbocycles. The van der Waals surface area contributed by atoms with Crippen molar-refractivity contribution in [3.05, 3.63) is 69.5 Å². The smallest absolute Gasteiger partial charge is 0.145 e. The van der Waals surface area contributed by atoms with Crippen LogP contribution in [0.15, 0.2) is 30.3 Å². The Kier molecular flexibility index (Phi) is 4.35. The van der Waals surface area contributed by atoms with E-state index in [0.29, 0.717) is 5.56 Å². The molecule has 0 aromatic heterocycles. The zero-order chi connectivity index (χ0) is 14.9. The zero-order valence-electron chi connectivity index (χ0n) is 10.8. The van der Waals surface area contributed by atoms with Crippen LogP contribution in [0.3, 0.4) is 0 Å². The second-order valence-corrected chi connectivity index (χ2v) is 5.02. The lowest BCUT2D eigenvalue weighted by molar-refractivity contribution is 0.514. The molecule has 2 rings (SSSR count). The van der Waals surface area contributed by atoms with Gasteiger partial charge >= 0.3 is 0 Å². The highest BCUT2D eigenvalue weighted by Crippen LogP contribution is 2.27. The van der Waals surface area contributed by atoms with Crippen LogP contribution in [-0.2, 0) is 6.42 Å². The Morgan fingerprint density at radius 1 is 1.10 bits per heavy atom. The predicted octanol–water partition coefficient (Wildman–Crippen LogP) is 4.31. The zero-order valence-corrected chi connectivity index (χ0v) is 11.5. The molecule has 0 saturated heterocycles. The van der Waals surface area contributed by atoms with Crippen molar-refractivity contribution in [3.63, 3.8) is 0 Å². The van der Waals surface area contributed by atoms with Crippen LogP contribution in [0.5, 0.6) is 0 Å². The van der Waals surface area contributed by atoms with E-state index in [1.54, 1.807) is 6.07 Å². The average Bonchev–Trinajstić information content (AvgIpc) is 2.40. The first kappa shape index (κ1) is 14.9. The number of aryl methyl sites for hydroxylation is 1. The van der Waals surface area contributed by atoms with Gasteiger partial charge in [-0.3, -0.25) is 0 Å². The summed E-state index contributed by atoms with van der Waals surface area (Å²) in [5.74, 6) is -2.04. The fraction of sp³-hybridized carbons (Fsp3) is 0.200. The summed E-state index contributed by atoms with van der Waals surface area (Å²) in [7, 11) is 0. The van der Waals surface area contributed by atoms with Crippen LogP contribution in [0.1, 0.15) is 22.7 Å². The van der Waals surface area contributed by atoms with Gasteiger partial charge in [0.05, 0.1) is 5.02 Å². The molecule has 20 heavy (non-hydrogen) atoms. The Morgan fingerprint density at radius 2 is 1.80 bits per heavy atom. The lowest BCUT2D eigenvalue weighted by atomic mass is 9.97. The number of hydrogen-bond donors (Lipinski definition) is 1. The van der Waals surface area contributed by atoms with Crippen molar-refractivity contribution in [2.45, 2.75) is 19.4 Å². The summed E-state index contributed by atoms with van der Waals surface area (Å²) in [5.41, 5.74) is 6.12. The van der Waals surface area contributed by atoms with E-state index in [4.69, 9.17) is 17.3 Å². The van der Waals surface area contributed by atoms with Crippen molar-refractivity contribution >= 4 is 11.6 Å². The maximum atomic E-state index is 14.0. The van der Waals surface area contributed by atoms with Gasteiger partial charge in [0, 0.05) is 11.6 Å². The van der Waals surface area contributed by atoms with Crippen LogP contribution in [0, 0.1) is 24.4 Å². The van der Waals surface area contributed by atoms with Crippen molar-refractivity contribution in [1.82, 2.24) is 0 Å². The van der Waals surface area contributed by atoms with Crippen molar-refractivity contribution in [3.8, 4) is 0 Å². The predicted molar refractivity (Wildman–Crippen MR) is 73.1 cm³/mol. The number of benzene rings is 2. The molecule has 0 heterocycles. The van der Waals surface area contributed by atoms with E-state index in [1.165, 1.54) is 25.1 Å². The van der Waals surface area contributed by atoms with Gasteiger partial charge < -0.3 is 5.73 Å². The lowest BCUT2D eigenvalue weighted by Crippen LogP contribution is -2.18. The minimum absolute atomic E-state index is 0.0380. The monoisotopic (exact) mass is 299 g/mol. The van der Waals surface area contributed by atoms with Crippen LogP contribution in [0.2, 0.25) is 5.02 Å². The molecule has 0 spiro atoms. The molecule has 5 heteroatoms. The molecule has 0 aliphatic rings. The van der Waals surface area contributed by atoms with Gasteiger partial charge in [0.25, 0.3) is 0 Å². The first-order chi connectivity index (χ1) is 9.41. The normalized spacial score (nSPS) is 12.5. The molecule has 0 aliphatic heterocycles. The number of rotatable bonds is 3. The Bertz CT molecular complexity index is 643. The summed E-state index contributed by atoms with van der Waals surface area (Å²) >= 11 is 5.67. The van der Waals surface area contributed by atoms with Crippen molar-refractivity contribution < 1.29 is 13.2 Å². The van der Waals surface area contributed by atoms with Gasteiger partial charge in [-0.15, -0.1) is 0 Å². The third-order valence-corrected chi connectivity index (χ3v) is 3.45. The molecule has 0 bridgehead atoms. The molecule has 0 aliphatic carbocycles. The molecule has 106 valence electrons. The van der Waals surface area contributed by atoms with E-state index in [1.807, 2.05) is 0 Å². The SMILES string of the molecule is Cc1ccc(F)c(C(N)Cc2cccc(Cl)c2F)c1F. The van der Waals surface area contributed by atoms with Gasteiger partial charge in [0.15, 0.2) is 0 Å².